The van der Waals surface area contributed by atoms with Crippen molar-refractivity contribution in [3.8, 4) is 22.9 Å². The number of benzene rings is 1. The molecule has 1 aromatic carbocycles. The molecular weight excluding hydrogens is 258 g/mol. The van der Waals surface area contributed by atoms with Gasteiger partial charge in [-0.05, 0) is 52.6 Å². The van der Waals surface area contributed by atoms with Crippen LogP contribution in [0.15, 0.2) is 66.7 Å². The molecule has 0 aliphatic heterocycles. The quantitative estimate of drug-likeness (QED) is 0.694. The van der Waals surface area contributed by atoms with Crippen molar-refractivity contribution >= 4 is 11.6 Å². The van der Waals surface area contributed by atoms with E-state index in [2.05, 4.69) is 12.1 Å². The summed E-state index contributed by atoms with van der Waals surface area (Å²) in [5.41, 5.74) is 4.66. The summed E-state index contributed by atoms with van der Waals surface area (Å²) in [5.74, 6) is 0.196. The number of aromatic hydroxyl groups is 1. The largest absolute Gasteiger partial charge is 0.508 e. The van der Waals surface area contributed by atoms with Crippen LogP contribution in [0.1, 0.15) is 11.1 Å². The van der Waals surface area contributed by atoms with Gasteiger partial charge in [-0.1, -0.05) is 42.5 Å². The summed E-state index contributed by atoms with van der Waals surface area (Å²) in [4.78, 5) is 0. The molecule has 0 aromatic heterocycles. The lowest BCUT2D eigenvalue weighted by Crippen LogP contribution is -1.81. The van der Waals surface area contributed by atoms with Crippen LogP contribution in [-0.2, 0) is 0 Å². The Kier molecular flexibility index (Phi) is 3.41. The van der Waals surface area contributed by atoms with Gasteiger partial charge in [-0.3, -0.25) is 0 Å². The van der Waals surface area contributed by atoms with Gasteiger partial charge in [0, 0.05) is 0 Å². The van der Waals surface area contributed by atoms with Crippen molar-refractivity contribution in [1.82, 2.24) is 0 Å². The Balaban J connectivity index is 2.07. The van der Waals surface area contributed by atoms with Gasteiger partial charge in [0.1, 0.15) is 5.75 Å². The zero-order valence-electron chi connectivity index (χ0n) is 11.3. The molecule has 0 bridgehead atoms. The minimum atomic E-state index is 0.196. The molecule has 2 aliphatic rings. The van der Waals surface area contributed by atoms with Gasteiger partial charge in [0.25, 0.3) is 0 Å². The van der Waals surface area contributed by atoms with Gasteiger partial charge >= 0.3 is 0 Å². The predicted molar refractivity (Wildman–Crippen MR) is 84.7 cm³/mol. The second-order valence-electron chi connectivity index (χ2n) is 4.79. The molecule has 1 aromatic rings. The number of rotatable bonds is 2. The summed E-state index contributed by atoms with van der Waals surface area (Å²) in [6.07, 6.45) is 1.88. The molecule has 100 valence electrons. The van der Waals surface area contributed by atoms with Crippen LogP contribution in [0.3, 0.4) is 0 Å². The van der Waals surface area contributed by atoms with E-state index in [4.69, 9.17) is 0 Å². The maximum Gasteiger partial charge on any atom is 0.115 e. The summed E-state index contributed by atoms with van der Waals surface area (Å²) in [6, 6.07) is 23.0. The average molecular weight is 271 g/mol. The third-order valence-corrected chi connectivity index (χ3v) is 3.42. The highest BCUT2D eigenvalue weighted by molar-refractivity contribution is 5.93. The van der Waals surface area contributed by atoms with Crippen LogP contribution in [0.5, 0.6) is 5.75 Å². The number of nitrogens with zero attached hydrogens (tertiary/aromatic N) is 1. The highest BCUT2D eigenvalue weighted by atomic mass is 16.3. The molecular formula is C19H13NO. The third kappa shape index (κ3) is 2.63. The van der Waals surface area contributed by atoms with E-state index in [0.29, 0.717) is 5.57 Å². The van der Waals surface area contributed by atoms with Crippen LogP contribution in [0.2, 0.25) is 0 Å². The van der Waals surface area contributed by atoms with Gasteiger partial charge in [-0.15, -0.1) is 0 Å². The molecule has 0 heterocycles. The molecule has 21 heavy (non-hydrogen) atoms. The molecule has 2 heteroatoms. The molecule has 1 N–H and O–H groups in total. The summed E-state index contributed by atoms with van der Waals surface area (Å²) in [7, 11) is 0. The Morgan fingerprint density at radius 3 is 2.43 bits per heavy atom. The van der Waals surface area contributed by atoms with Crippen molar-refractivity contribution in [2.24, 2.45) is 0 Å². The zero-order chi connectivity index (χ0) is 14.7. The fraction of sp³-hybridized carbons (Fsp3) is 0. The second-order valence-corrected chi connectivity index (χ2v) is 4.79. The molecule has 0 amide bonds. The highest BCUT2D eigenvalue weighted by Gasteiger charge is 2.08. The van der Waals surface area contributed by atoms with Crippen LogP contribution < -0.4 is 0 Å². The van der Waals surface area contributed by atoms with Crippen LogP contribution in [0.4, 0.5) is 0 Å². The first kappa shape index (κ1) is 13.0. The number of phenolic OH excluding ortho intramolecular Hbond substituents is 1. The van der Waals surface area contributed by atoms with Gasteiger partial charge in [-0.2, -0.15) is 5.26 Å². The molecule has 0 saturated heterocycles. The maximum atomic E-state index is 9.39. The first-order valence-corrected chi connectivity index (χ1v) is 6.67. The van der Waals surface area contributed by atoms with Gasteiger partial charge in [0.2, 0.25) is 0 Å². The Labute approximate surface area is 123 Å². The Morgan fingerprint density at radius 1 is 0.905 bits per heavy atom. The molecule has 2 aliphatic carbocycles. The lowest BCUT2D eigenvalue weighted by atomic mass is 10.0. The number of nitriles is 1. The van der Waals surface area contributed by atoms with Crippen LogP contribution in [0.25, 0.3) is 22.8 Å². The smallest absolute Gasteiger partial charge is 0.115 e. The molecule has 0 radical (unpaired) electrons. The van der Waals surface area contributed by atoms with E-state index < -0.39 is 0 Å². The van der Waals surface area contributed by atoms with E-state index >= 15 is 0 Å². The normalized spacial score (nSPS) is 11.3. The molecule has 0 atom stereocenters. The zero-order valence-corrected chi connectivity index (χ0v) is 11.3. The number of hydrogen-bond donors (Lipinski definition) is 1. The van der Waals surface area contributed by atoms with Crippen LogP contribution >= 0.6 is 0 Å². The van der Waals surface area contributed by atoms with E-state index in [1.165, 1.54) is 0 Å². The van der Waals surface area contributed by atoms with E-state index in [1.54, 1.807) is 24.3 Å². The number of fused-ring (bicyclic) bond motifs is 1. The van der Waals surface area contributed by atoms with Gasteiger partial charge < -0.3 is 5.11 Å². The fourth-order valence-corrected chi connectivity index (χ4v) is 2.34. The highest BCUT2D eigenvalue weighted by Crippen LogP contribution is 2.30. The molecule has 0 unspecified atom stereocenters. The Hall–Kier alpha value is -3.05. The van der Waals surface area contributed by atoms with E-state index in [-0.39, 0.29) is 5.75 Å². The van der Waals surface area contributed by atoms with Crippen molar-refractivity contribution < 1.29 is 5.11 Å². The standard InChI is InChI=1S/C19H13NO/c20-13-17(14-8-10-18(21)11-9-14)12-16-7-6-15-4-2-1-3-5-19(15)16/h1-12,21H. The van der Waals surface area contributed by atoms with Crippen LogP contribution in [-0.4, -0.2) is 5.11 Å². The molecule has 0 saturated carbocycles. The molecule has 0 spiro atoms. The van der Waals surface area contributed by atoms with E-state index in [9.17, 15) is 10.4 Å². The van der Waals surface area contributed by atoms with E-state index in [0.717, 1.165) is 22.3 Å². The molecule has 3 rings (SSSR count). The second kappa shape index (κ2) is 5.52. The van der Waals surface area contributed by atoms with Gasteiger partial charge in [0.15, 0.2) is 0 Å². The van der Waals surface area contributed by atoms with Gasteiger partial charge in [-0.25, -0.2) is 0 Å². The lowest BCUT2D eigenvalue weighted by molar-refractivity contribution is 0.475. The maximum absolute atomic E-state index is 9.39. The minimum absolute atomic E-state index is 0.196. The first-order chi connectivity index (χ1) is 10.3. The van der Waals surface area contributed by atoms with Crippen molar-refractivity contribution in [3.05, 3.63) is 77.9 Å². The number of allylic oxidation sites excluding steroid dienone is 1. The summed E-state index contributed by atoms with van der Waals surface area (Å²) >= 11 is 0. The fourth-order valence-electron chi connectivity index (χ4n) is 2.34. The first-order valence-electron chi connectivity index (χ1n) is 6.67. The predicted octanol–water partition coefficient (Wildman–Crippen LogP) is 4.56. The Bertz CT molecular complexity index is 810. The summed E-state index contributed by atoms with van der Waals surface area (Å²) in [5, 5.41) is 18.7. The lowest BCUT2D eigenvalue weighted by Gasteiger charge is -2.01. The molecule has 0 fully saturated rings. The van der Waals surface area contributed by atoms with Crippen molar-refractivity contribution in [2.75, 3.05) is 0 Å². The average Bonchev–Trinajstić information content (AvgIpc) is 2.72. The van der Waals surface area contributed by atoms with Crippen molar-refractivity contribution in [2.45, 2.75) is 0 Å². The monoisotopic (exact) mass is 271 g/mol. The van der Waals surface area contributed by atoms with Crippen molar-refractivity contribution in [1.29, 1.82) is 5.26 Å². The van der Waals surface area contributed by atoms with Crippen molar-refractivity contribution in [3.63, 3.8) is 0 Å². The summed E-state index contributed by atoms with van der Waals surface area (Å²) < 4.78 is 0. The number of hydrogen-bond acceptors (Lipinski definition) is 2. The topological polar surface area (TPSA) is 44.0 Å². The Morgan fingerprint density at radius 2 is 1.67 bits per heavy atom. The number of phenols is 1. The minimum Gasteiger partial charge on any atom is -0.508 e. The summed E-state index contributed by atoms with van der Waals surface area (Å²) in [6.45, 7) is 0. The van der Waals surface area contributed by atoms with E-state index in [1.807, 2.05) is 42.5 Å². The van der Waals surface area contributed by atoms with Crippen LogP contribution in [0, 0.1) is 11.3 Å². The molecule has 2 nitrogen and oxygen atoms in total. The SMILES string of the molecule is N#CC(=Cc1ccc2cccccc1-2)c1ccc(O)cc1. The van der Waals surface area contributed by atoms with Gasteiger partial charge in [0.05, 0.1) is 11.6 Å². The third-order valence-electron chi connectivity index (χ3n) is 3.42.